The molecule has 0 bridgehead atoms. The third-order valence-corrected chi connectivity index (χ3v) is 1.94. The second-order valence-corrected chi connectivity index (χ2v) is 5.29. The van der Waals surface area contributed by atoms with Crippen molar-refractivity contribution in [1.29, 1.82) is 0 Å². The normalized spacial score (nSPS) is 11.3. The standard InChI is InChI=1S/C11H11F3O2.CH3O3S/c1-2-16-10(15)7-8-3-5-9(6-4-8)11(12,13)14;1-5(2,3)4/h3-6H,2,7H2,1H3;1H3. The molecule has 0 spiro atoms. The van der Waals surface area contributed by atoms with Gasteiger partial charge in [-0.2, -0.15) is 21.6 Å². The number of hydrogen-bond acceptors (Lipinski definition) is 4. The first-order valence-electron chi connectivity index (χ1n) is 5.66. The lowest BCUT2D eigenvalue weighted by Gasteiger charge is -2.07. The van der Waals surface area contributed by atoms with E-state index in [2.05, 4.69) is 4.74 Å². The van der Waals surface area contributed by atoms with Crippen LogP contribution in [0.2, 0.25) is 0 Å². The van der Waals surface area contributed by atoms with Crippen molar-refractivity contribution in [2.75, 3.05) is 12.9 Å². The van der Waals surface area contributed by atoms with Crippen molar-refractivity contribution in [3.63, 3.8) is 0 Å². The molecule has 0 N–H and O–H groups in total. The van der Waals surface area contributed by atoms with E-state index >= 15 is 0 Å². The average molecular weight is 327 g/mol. The molecule has 9 heteroatoms. The summed E-state index contributed by atoms with van der Waals surface area (Å²) < 4.78 is 68.5. The van der Waals surface area contributed by atoms with E-state index in [1.165, 1.54) is 12.1 Å². The van der Waals surface area contributed by atoms with Crippen molar-refractivity contribution in [3.05, 3.63) is 35.4 Å². The predicted molar refractivity (Wildman–Crippen MR) is 67.3 cm³/mol. The van der Waals surface area contributed by atoms with Crippen LogP contribution in [-0.2, 0) is 36.8 Å². The van der Waals surface area contributed by atoms with Crippen LogP contribution in [0.25, 0.3) is 0 Å². The number of carbonyl (C=O) groups excluding carboxylic acids is 1. The molecule has 0 aliphatic heterocycles. The second kappa shape index (κ2) is 7.99. The van der Waals surface area contributed by atoms with Gasteiger partial charge in [-0.05, 0) is 24.6 Å². The van der Waals surface area contributed by atoms with Gasteiger partial charge >= 0.3 is 12.1 Å². The van der Waals surface area contributed by atoms with Crippen LogP contribution in [0.1, 0.15) is 18.1 Å². The second-order valence-electron chi connectivity index (χ2n) is 3.88. The number of esters is 1. The minimum absolute atomic E-state index is 0.00796. The summed E-state index contributed by atoms with van der Waals surface area (Å²) in [6.45, 7) is 1.93. The third kappa shape index (κ3) is 10.8. The van der Waals surface area contributed by atoms with Crippen LogP contribution in [0.3, 0.4) is 0 Å². The Bertz CT molecular complexity index is 541. The Morgan fingerprint density at radius 3 is 1.95 bits per heavy atom. The van der Waals surface area contributed by atoms with E-state index < -0.39 is 27.8 Å². The highest BCUT2D eigenvalue weighted by Gasteiger charge is 2.29. The molecule has 0 fully saturated rings. The van der Waals surface area contributed by atoms with E-state index in [0.29, 0.717) is 11.8 Å². The molecule has 0 unspecified atom stereocenters. The average Bonchev–Trinajstić information content (AvgIpc) is 2.26. The Labute approximate surface area is 120 Å². The Balaban J connectivity index is 0.000000690. The molecular formula is C12H14F3O5S. The molecule has 1 aromatic rings. The maximum absolute atomic E-state index is 12.2. The summed E-state index contributed by atoms with van der Waals surface area (Å²) in [5.41, 5.74) is -0.216. The number of carbonyl (C=O) groups is 1. The summed E-state index contributed by atoms with van der Waals surface area (Å²) >= 11 is 0. The van der Waals surface area contributed by atoms with Gasteiger partial charge in [-0.15, -0.1) is 0 Å². The largest absolute Gasteiger partial charge is 0.466 e. The molecule has 0 heterocycles. The summed E-state index contributed by atoms with van der Waals surface area (Å²) in [7, 11) is -3.92. The van der Waals surface area contributed by atoms with Crippen LogP contribution in [0.4, 0.5) is 13.2 Å². The smallest absolute Gasteiger partial charge is 0.416 e. The fourth-order valence-corrected chi connectivity index (χ4v) is 1.19. The summed E-state index contributed by atoms with van der Waals surface area (Å²) in [6, 6.07) is 4.46. The van der Waals surface area contributed by atoms with Gasteiger partial charge in [0.1, 0.15) is 0 Å². The monoisotopic (exact) mass is 327 g/mol. The molecule has 0 saturated carbocycles. The molecule has 1 radical (unpaired) electrons. The number of hydrogen-bond donors (Lipinski definition) is 0. The number of halogens is 3. The van der Waals surface area contributed by atoms with Crippen LogP contribution in [0.15, 0.2) is 24.3 Å². The minimum atomic E-state index is -4.34. The van der Waals surface area contributed by atoms with E-state index in [4.69, 9.17) is 13.0 Å². The molecule has 5 nitrogen and oxygen atoms in total. The van der Waals surface area contributed by atoms with Crippen molar-refractivity contribution >= 4 is 16.1 Å². The van der Waals surface area contributed by atoms with Crippen molar-refractivity contribution in [1.82, 2.24) is 0 Å². The molecule has 21 heavy (non-hydrogen) atoms. The van der Waals surface area contributed by atoms with E-state index in [-0.39, 0.29) is 13.0 Å². The van der Waals surface area contributed by atoms with Crippen molar-refractivity contribution in [3.8, 4) is 0 Å². The first-order valence-corrected chi connectivity index (χ1v) is 7.47. The highest BCUT2D eigenvalue weighted by atomic mass is 32.2. The van der Waals surface area contributed by atoms with E-state index in [1.807, 2.05) is 0 Å². The maximum Gasteiger partial charge on any atom is 0.416 e. The fourth-order valence-electron chi connectivity index (χ4n) is 1.19. The molecule has 0 aliphatic carbocycles. The van der Waals surface area contributed by atoms with Gasteiger partial charge in [0.05, 0.1) is 24.8 Å². The zero-order chi connectivity index (χ0) is 16.7. The SMILES string of the molecule is CCOC(=O)Cc1ccc(C(F)(F)F)cc1.CS([O])(=O)=O. The lowest BCUT2D eigenvalue weighted by molar-refractivity contribution is -0.142. The molecule has 0 amide bonds. The molecule has 0 aliphatic rings. The fraction of sp³-hybridized carbons (Fsp3) is 0.417. The maximum atomic E-state index is 12.2. The predicted octanol–water partition coefficient (Wildman–Crippen LogP) is 2.19. The van der Waals surface area contributed by atoms with Crippen LogP contribution in [0, 0.1) is 0 Å². The molecule has 1 aromatic carbocycles. The van der Waals surface area contributed by atoms with Crippen molar-refractivity contribution in [2.24, 2.45) is 0 Å². The first-order chi connectivity index (χ1) is 9.43. The summed E-state index contributed by atoms with van der Waals surface area (Å²) in [5, 5.41) is 0. The molecule has 119 valence electrons. The molecule has 0 aromatic heterocycles. The third-order valence-electron chi connectivity index (χ3n) is 1.94. The van der Waals surface area contributed by atoms with Gasteiger partial charge in [-0.1, -0.05) is 16.7 Å². The first kappa shape index (κ1) is 19.4. The van der Waals surface area contributed by atoms with Gasteiger partial charge in [0.2, 0.25) is 0 Å². The lowest BCUT2D eigenvalue weighted by Crippen LogP contribution is -2.08. The summed E-state index contributed by atoms with van der Waals surface area (Å²) in [5.74, 6) is -0.442. The molecular weight excluding hydrogens is 313 g/mol. The molecule has 0 saturated heterocycles. The quantitative estimate of drug-likeness (QED) is 0.797. The number of alkyl halides is 3. The lowest BCUT2D eigenvalue weighted by atomic mass is 10.1. The van der Waals surface area contributed by atoms with Crippen LogP contribution in [0.5, 0.6) is 0 Å². The van der Waals surface area contributed by atoms with Gasteiger partial charge in [-0.25, -0.2) is 0 Å². The van der Waals surface area contributed by atoms with Crippen LogP contribution < -0.4 is 0 Å². The highest BCUT2D eigenvalue weighted by Crippen LogP contribution is 2.29. The van der Waals surface area contributed by atoms with E-state index in [0.717, 1.165) is 12.1 Å². The zero-order valence-corrected chi connectivity index (χ0v) is 12.1. The van der Waals surface area contributed by atoms with Gasteiger partial charge in [0.15, 0.2) is 0 Å². The Morgan fingerprint density at radius 2 is 1.62 bits per heavy atom. The zero-order valence-electron chi connectivity index (χ0n) is 11.3. The summed E-state index contributed by atoms with van der Waals surface area (Å²) in [6.07, 6.45) is -3.75. The highest BCUT2D eigenvalue weighted by molar-refractivity contribution is 7.84. The van der Waals surface area contributed by atoms with E-state index in [1.54, 1.807) is 6.92 Å². The van der Waals surface area contributed by atoms with Gasteiger partial charge < -0.3 is 4.74 Å². The Hall–Kier alpha value is -1.61. The number of rotatable bonds is 3. The van der Waals surface area contributed by atoms with Gasteiger partial charge in [0, 0.05) is 0 Å². The van der Waals surface area contributed by atoms with Gasteiger partial charge in [-0.3, -0.25) is 4.79 Å². The van der Waals surface area contributed by atoms with E-state index in [9.17, 15) is 18.0 Å². The topological polar surface area (TPSA) is 80.3 Å². The Morgan fingerprint density at radius 1 is 1.19 bits per heavy atom. The van der Waals surface area contributed by atoms with Crippen molar-refractivity contribution in [2.45, 2.75) is 19.5 Å². The number of ether oxygens (including phenoxy) is 1. The van der Waals surface area contributed by atoms with Gasteiger partial charge in [0.25, 0.3) is 10.1 Å². The summed E-state index contributed by atoms with van der Waals surface area (Å²) in [4.78, 5) is 11.0. The minimum Gasteiger partial charge on any atom is -0.466 e. The van der Waals surface area contributed by atoms with Crippen LogP contribution in [-0.4, -0.2) is 27.2 Å². The number of benzene rings is 1. The molecule has 1 rings (SSSR count). The van der Waals surface area contributed by atoms with Crippen molar-refractivity contribution < 1.29 is 35.7 Å². The molecule has 0 atom stereocenters. The van der Waals surface area contributed by atoms with Crippen LogP contribution >= 0.6 is 0 Å². The Kier molecular flexibility index (Phi) is 7.37.